The molecule has 1 fully saturated rings. The summed E-state index contributed by atoms with van der Waals surface area (Å²) in [5.41, 5.74) is 1.43. The van der Waals surface area contributed by atoms with Gasteiger partial charge in [0.2, 0.25) is 16.0 Å². The number of sulfonamides is 1. The van der Waals surface area contributed by atoms with Gasteiger partial charge in [0, 0.05) is 24.8 Å². The van der Waals surface area contributed by atoms with E-state index in [1.165, 1.54) is 26.4 Å². The first-order valence-electron chi connectivity index (χ1n) is 8.74. The predicted octanol–water partition coefficient (Wildman–Crippen LogP) is 1.88. The molecule has 0 aliphatic carbocycles. The van der Waals surface area contributed by atoms with Gasteiger partial charge in [-0.15, -0.1) is 0 Å². The lowest BCUT2D eigenvalue weighted by Gasteiger charge is -2.17. The number of nitrogens with one attached hydrogen (secondary N) is 1. The fraction of sp³-hybridized carbons (Fsp3) is 0.444. The summed E-state index contributed by atoms with van der Waals surface area (Å²) in [5, 5.41) is 0. The first kappa shape index (κ1) is 19.4. The second-order valence-electron chi connectivity index (χ2n) is 6.34. The lowest BCUT2D eigenvalue weighted by atomic mass is 10.3. The Balaban J connectivity index is 1.79. The molecule has 0 atom stereocenters. The van der Waals surface area contributed by atoms with Crippen molar-refractivity contribution in [3.63, 3.8) is 0 Å². The molecule has 1 N–H and O–H groups in total. The summed E-state index contributed by atoms with van der Waals surface area (Å²) < 4.78 is 38.4. The number of anilines is 1. The van der Waals surface area contributed by atoms with E-state index in [1.54, 1.807) is 12.1 Å². The van der Waals surface area contributed by atoms with Gasteiger partial charge in [0.15, 0.2) is 0 Å². The average Bonchev–Trinajstić information content (AvgIpc) is 3.20. The van der Waals surface area contributed by atoms with E-state index in [1.807, 2.05) is 6.92 Å². The first-order chi connectivity index (χ1) is 12.9. The second-order valence-corrected chi connectivity index (χ2v) is 8.07. The van der Waals surface area contributed by atoms with Crippen LogP contribution in [0.4, 0.5) is 5.95 Å². The highest BCUT2D eigenvalue weighted by Gasteiger charge is 2.21. The molecular formula is C18H24N4O4S. The molecule has 146 valence electrons. The van der Waals surface area contributed by atoms with Crippen molar-refractivity contribution in [3.8, 4) is 11.5 Å². The van der Waals surface area contributed by atoms with Crippen LogP contribution in [0.3, 0.4) is 0 Å². The quantitative estimate of drug-likeness (QED) is 0.769. The maximum Gasteiger partial charge on any atom is 0.244 e. The van der Waals surface area contributed by atoms with Crippen LogP contribution in [0.25, 0.3) is 0 Å². The minimum Gasteiger partial charge on any atom is -0.497 e. The number of benzene rings is 1. The number of hydrogen-bond acceptors (Lipinski definition) is 7. The zero-order chi connectivity index (χ0) is 19.4. The molecule has 1 saturated heterocycles. The molecule has 8 nitrogen and oxygen atoms in total. The molecule has 1 aromatic heterocycles. The van der Waals surface area contributed by atoms with Crippen molar-refractivity contribution in [1.82, 2.24) is 14.7 Å². The normalized spacial score (nSPS) is 14.4. The maximum atomic E-state index is 12.7. The Morgan fingerprint density at radius 2 is 1.85 bits per heavy atom. The SMILES string of the molecule is COc1ccc(S(=O)(=O)NCc2cc(C)nc(N3CCCC3)n2)c(OC)c1. The Kier molecular flexibility index (Phi) is 5.81. The number of methoxy groups -OCH3 is 2. The van der Waals surface area contributed by atoms with Crippen LogP contribution in [-0.2, 0) is 16.6 Å². The summed E-state index contributed by atoms with van der Waals surface area (Å²) in [4.78, 5) is 11.2. The summed E-state index contributed by atoms with van der Waals surface area (Å²) in [6.45, 7) is 3.81. The molecule has 0 unspecified atom stereocenters. The third-order valence-corrected chi connectivity index (χ3v) is 5.83. The molecule has 3 rings (SSSR count). The number of rotatable bonds is 7. The van der Waals surface area contributed by atoms with E-state index in [9.17, 15) is 8.42 Å². The van der Waals surface area contributed by atoms with Crippen LogP contribution in [0.2, 0.25) is 0 Å². The van der Waals surface area contributed by atoms with Gasteiger partial charge in [0.05, 0.1) is 26.5 Å². The van der Waals surface area contributed by atoms with Crippen molar-refractivity contribution < 1.29 is 17.9 Å². The summed E-state index contributed by atoms with van der Waals surface area (Å²) >= 11 is 0. The molecule has 1 aliphatic heterocycles. The van der Waals surface area contributed by atoms with E-state index < -0.39 is 10.0 Å². The summed E-state index contributed by atoms with van der Waals surface area (Å²) in [6, 6.07) is 6.36. The van der Waals surface area contributed by atoms with Gasteiger partial charge in [-0.3, -0.25) is 0 Å². The van der Waals surface area contributed by atoms with Gasteiger partial charge >= 0.3 is 0 Å². The molecule has 1 aromatic carbocycles. The number of nitrogens with zero attached hydrogens (tertiary/aromatic N) is 3. The lowest BCUT2D eigenvalue weighted by molar-refractivity contribution is 0.386. The largest absolute Gasteiger partial charge is 0.497 e. The van der Waals surface area contributed by atoms with Gasteiger partial charge in [-0.1, -0.05) is 0 Å². The Bertz CT molecular complexity index is 912. The standard InChI is InChI=1S/C18H24N4O4S/c1-13-10-14(21-18(20-13)22-8-4-5-9-22)12-19-27(23,24)17-7-6-15(25-2)11-16(17)26-3/h6-7,10-11,19H,4-5,8-9,12H2,1-3H3. The number of aryl methyl sites for hydroxylation is 1. The molecule has 1 aliphatic rings. The maximum absolute atomic E-state index is 12.7. The lowest BCUT2D eigenvalue weighted by Crippen LogP contribution is -2.26. The van der Waals surface area contributed by atoms with Crippen LogP contribution in [0.15, 0.2) is 29.2 Å². The number of aromatic nitrogens is 2. The minimum absolute atomic E-state index is 0.0522. The van der Waals surface area contributed by atoms with Gasteiger partial charge in [-0.05, 0) is 38.0 Å². The Morgan fingerprint density at radius 1 is 1.11 bits per heavy atom. The topological polar surface area (TPSA) is 93.7 Å². The predicted molar refractivity (Wildman–Crippen MR) is 102 cm³/mol. The molecule has 0 spiro atoms. The Labute approximate surface area is 159 Å². The van der Waals surface area contributed by atoms with Crippen molar-refractivity contribution in [2.75, 3.05) is 32.2 Å². The molecule has 9 heteroatoms. The van der Waals surface area contributed by atoms with Crippen LogP contribution in [-0.4, -0.2) is 45.7 Å². The third kappa shape index (κ3) is 4.48. The van der Waals surface area contributed by atoms with E-state index >= 15 is 0 Å². The third-order valence-electron chi connectivity index (χ3n) is 4.39. The van der Waals surface area contributed by atoms with Gasteiger partial charge < -0.3 is 14.4 Å². The van der Waals surface area contributed by atoms with E-state index in [0.29, 0.717) is 17.4 Å². The zero-order valence-corrected chi connectivity index (χ0v) is 16.5. The first-order valence-corrected chi connectivity index (χ1v) is 10.2. The molecule has 0 bridgehead atoms. The van der Waals surface area contributed by atoms with Crippen LogP contribution in [0, 0.1) is 6.92 Å². The average molecular weight is 392 g/mol. The van der Waals surface area contributed by atoms with Crippen molar-refractivity contribution in [2.45, 2.75) is 31.2 Å². The fourth-order valence-electron chi connectivity index (χ4n) is 3.01. The zero-order valence-electron chi connectivity index (χ0n) is 15.7. The van der Waals surface area contributed by atoms with E-state index in [2.05, 4.69) is 19.6 Å². The van der Waals surface area contributed by atoms with Crippen molar-refractivity contribution in [3.05, 3.63) is 35.7 Å². The van der Waals surface area contributed by atoms with Crippen LogP contribution >= 0.6 is 0 Å². The molecule has 27 heavy (non-hydrogen) atoms. The highest BCUT2D eigenvalue weighted by molar-refractivity contribution is 7.89. The molecule has 0 amide bonds. The minimum atomic E-state index is -3.78. The highest BCUT2D eigenvalue weighted by Crippen LogP contribution is 2.28. The van der Waals surface area contributed by atoms with Crippen LogP contribution in [0.5, 0.6) is 11.5 Å². The van der Waals surface area contributed by atoms with Gasteiger partial charge in [-0.2, -0.15) is 0 Å². The Morgan fingerprint density at radius 3 is 2.52 bits per heavy atom. The number of ether oxygens (including phenoxy) is 2. The van der Waals surface area contributed by atoms with E-state index in [0.717, 1.165) is 31.6 Å². The van der Waals surface area contributed by atoms with Crippen molar-refractivity contribution in [1.29, 1.82) is 0 Å². The smallest absolute Gasteiger partial charge is 0.244 e. The van der Waals surface area contributed by atoms with Crippen molar-refractivity contribution in [2.24, 2.45) is 0 Å². The van der Waals surface area contributed by atoms with Gasteiger partial charge in [-0.25, -0.2) is 23.1 Å². The highest BCUT2D eigenvalue weighted by atomic mass is 32.2. The van der Waals surface area contributed by atoms with E-state index in [4.69, 9.17) is 9.47 Å². The summed E-state index contributed by atoms with van der Waals surface area (Å²) in [6.07, 6.45) is 2.24. The fourth-order valence-corrected chi connectivity index (χ4v) is 4.16. The molecular weight excluding hydrogens is 368 g/mol. The van der Waals surface area contributed by atoms with Crippen LogP contribution in [0.1, 0.15) is 24.2 Å². The van der Waals surface area contributed by atoms with Gasteiger partial charge in [0.1, 0.15) is 16.4 Å². The summed E-state index contributed by atoms with van der Waals surface area (Å²) in [5.74, 6) is 1.40. The van der Waals surface area contributed by atoms with Crippen LogP contribution < -0.4 is 19.1 Å². The monoisotopic (exact) mass is 392 g/mol. The molecule has 2 aromatic rings. The molecule has 2 heterocycles. The van der Waals surface area contributed by atoms with Crippen molar-refractivity contribution >= 4 is 16.0 Å². The molecule has 0 radical (unpaired) electrons. The number of hydrogen-bond donors (Lipinski definition) is 1. The molecule has 0 saturated carbocycles. The van der Waals surface area contributed by atoms with Gasteiger partial charge in [0.25, 0.3) is 0 Å². The Hall–Kier alpha value is -2.39. The summed E-state index contributed by atoms with van der Waals surface area (Å²) in [7, 11) is -0.844. The van der Waals surface area contributed by atoms with E-state index in [-0.39, 0.29) is 17.2 Å². The second kappa shape index (κ2) is 8.10.